The maximum absolute atomic E-state index is 11.4. The third-order valence-corrected chi connectivity index (χ3v) is 3.83. The van der Waals surface area contributed by atoms with Gasteiger partial charge in [-0.25, -0.2) is 0 Å². The number of carbonyl (C=O) groups is 1. The second kappa shape index (κ2) is 5.57. The molecule has 2 aromatic rings. The number of rotatable bonds is 2. The highest BCUT2D eigenvalue weighted by atomic mass is 16.5. The van der Waals surface area contributed by atoms with Crippen molar-refractivity contribution in [1.29, 1.82) is 0 Å². The van der Waals surface area contributed by atoms with Gasteiger partial charge in [0.2, 0.25) is 0 Å². The first-order valence-corrected chi connectivity index (χ1v) is 7.16. The van der Waals surface area contributed by atoms with Crippen LogP contribution in [0.1, 0.15) is 25.3 Å². The molecule has 2 aromatic carbocycles. The van der Waals surface area contributed by atoms with Crippen LogP contribution in [-0.4, -0.2) is 12.1 Å². The van der Waals surface area contributed by atoms with Crippen LogP contribution < -0.4 is 0 Å². The zero-order valence-corrected chi connectivity index (χ0v) is 12.2. The highest BCUT2D eigenvalue weighted by Gasteiger charge is 2.25. The van der Waals surface area contributed by atoms with Gasteiger partial charge in [0.1, 0.15) is 6.10 Å². The first-order valence-electron chi connectivity index (χ1n) is 7.16. The predicted octanol–water partition coefficient (Wildman–Crippen LogP) is 4.37. The summed E-state index contributed by atoms with van der Waals surface area (Å²) in [5.41, 5.74) is 2.39. The fraction of sp³-hybridized carbons (Fsp3) is 0.211. The summed E-state index contributed by atoms with van der Waals surface area (Å²) in [5.74, 6) is -0.187. The highest BCUT2D eigenvalue weighted by molar-refractivity contribution is 5.86. The lowest BCUT2D eigenvalue weighted by atomic mass is 9.85. The van der Waals surface area contributed by atoms with Crippen molar-refractivity contribution in [2.24, 2.45) is 0 Å². The van der Waals surface area contributed by atoms with Crippen LogP contribution in [0, 0.1) is 0 Å². The Kier molecular flexibility index (Phi) is 3.61. The molecule has 3 rings (SSSR count). The molecule has 2 nitrogen and oxygen atoms in total. The molecule has 0 amide bonds. The van der Waals surface area contributed by atoms with Crippen LogP contribution in [0.5, 0.6) is 0 Å². The largest absolute Gasteiger partial charge is 0.457 e. The topological polar surface area (TPSA) is 26.3 Å². The first kappa shape index (κ1) is 13.6. The van der Waals surface area contributed by atoms with Gasteiger partial charge in [0.05, 0.1) is 0 Å². The Morgan fingerprint density at radius 3 is 2.67 bits per heavy atom. The van der Waals surface area contributed by atoms with E-state index in [1.54, 1.807) is 0 Å². The monoisotopic (exact) mass is 278 g/mol. The summed E-state index contributed by atoms with van der Waals surface area (Å²) in [6.45, 7) is 3.53. The van der Waals surface area contributed by atoms with E-state index in [4.69, 9.17) is 4.74 Å². The van der Waals surface area contributed by atoms with Crippen LogP contribution in [0.2, 0.25) is 0 Å². The fourth-order valence-electron chi connectivity index (χ4n) is 2.91. The molecule has 1 unspecified atom stereocenters. The third-order valence-electron chi connectivity index (χ3n) is 3.83. The van der Waals surface area contributed by atoms with Crippen LogP contribution in [0.4, 0.5) is 0 Å². The van der Waals surface area contributed by atoms with Crippen LogP contribution in [0.25, 0.3) is 10.8 Å². The van der Waals surface area contributed by atoms with Crippen LogP contribution in [-0.2, 0) is 9.53 Å². The third kappa shape index (κ3) is 2.75. The molecule has 106 valence electrons. The molecule has 0 saturated carbocycles. The molecule has 0 fully saturated rings. The Morgan fingerprint density at radius 1 is 1.10 bits per heavy atom. The summed E-state index contributed by atoms with van der Waals surface area (Å²) >= 11 is 0. The minimum absolute atomic E-state index is 0.0602. The summed E-state index contributed by atoms with van der Waals surface area (Å²) in [4.78, 5) is 11.4. The Hall–Kier alpha value is -2.35. The molecular formula is C19H18O2. The van der Waals surface area contributed by atoms with Crippen molar-refractivity contribution in [3.05, 3.63) is 71.8 Å². The second-order valence-electron chi connectivity index (χ2n) is 5.44. The standard InChI is InChI=1S/C19H18O2/c1-13-10-11-19(21-14(2)20)18(12-13)17-9-5-7-15-6-3-4-8-16(15)17/h3-12,18-19H,1-2H3/t18-,19?/m0/s1. The number of benzene rings is 2. The zero-order valence-electron chi connectivity index (χ0n) is 12.2. The average Bonchev–Trinajstić information content (AvgIpc) is 2.48. The molecule has 0 aliphatic heterocycles. The van der Waals surface area contributed by atoms with E-state index in [-0.39, 0.29) is 18.0 Å². The number of fused-ring (bicyclic) bond motifs is 1. The van der Waals surface area contributed by atoms with E-state index >= 15 is 0 Å². The van der Waals surface area contributed by atoms with E-state index in [9.17, 15) is 4.79 Å². The van der Waals surface area contributed by atoms with E-state index in [1.165, 1.54) is 28.8 Å². The molecule has 2 atom stereocenters. The van der Waals surface area contributed by atoms with Gasteiger partial charge < -0.3 is 4.74 Å². The Morgan fingerprint density at radius 2 is 1.86 bits per heavy atom. The summed E-state index contributed by atoms with van der Waals surface area (Å²) in [7, 11) is 0. The van der Waals surface area contributed by atoms with Crippen molar-refractivity contribution in [3.8, 4) is 0 Å². The van der Waals surface area contributed by atoms with E-state index in [0.717, 1.165) is 0 Å². The van der Waals surface area contributed by atoms with Gasteiger partial charge in [0, 0.05) is 12.8 Å². The second-order valence-corrected chi connectivity index (χ2v) is 5.44. The van der Waals surface area contributed by atoms with Crippen molar-refractivity contribution < 1.29 is 9.53 Å². The smallest absolute Gasteiger partial charge is 0.303 e. The average molecular weight is 278 g/mol. The van der Waals surface area contributed by atoms with Crippen molar-refractivity contribution in [3.63, 3.8) is 0 Å². The van der Waals surface area contributed by atoms with Crippen LogP contribution >= 0.6 is 0 Å². The Labute approximate surface area is 124 Å². The van der Waals surface area contributed by atoms with Gasteiger partial charge in [0.25, 0.3) is 0 Å². The van der Waals surface area contributed by atoms with Crippen molar-refractivity contribution in [2.45, 2.75) is 25.9 Å². The van der Waals surface area contributed by atoms with Gasteiger partial charge in [-0.3, -0.25) is 4.79 Å². The SMILES string of the molecule is CC(=O)OC1C=CC(C)=C[C@H]1c1cccc2ccccc12. The summed E-state index contributed by atoms with van der Waals surface area (Å²) in [6, 6.07) is 14.6. The first-order chi connectivity index (χ1) is 10.1. The molecule has 0 bridgehead atoms. The Bertz CT molecular complexity index is 735. The summed E-state index contributed by atoms with van der Waals surface area (Å²) < 4.78 is 5.49. The zero-order chi connectivity index (χ0) is 14.8. The molecular weight excluding hydrogens is 260 g/mol. The lowest BCUT2D eigenvalue weighted by Gasteiger charge is -2.26. The van der Waals surface area contributed by atoms with E-state index in [1.807, 2.05) is 24.3 Å². The number of ether oxygens (including phenoxy) is 1. The van der Waals surface area contributed by atoms with E-state index in [0.29, 0.717) is 0 Å². The molecule has 0 radical (unpaired) electrons. The highest BCUT2D eigenvalue weighted by Crippen LogP contribution is 2.34. The van der Waals surface area contributed by atoms with Crippen LogP contribution in [0.3, 0.4) is 0 Å². The predicted molar refractivity (Wildman–Crippen MR) is 85.1 cm³/mol. The van der Waals surface area contributed by atoms with Crippen LogP contribution in [0.15, 0.2) is 66.3 Å². The number of carbonyl (C=O) groups excluding carboxylic acids is 1. The minimum atomic E-state index is -0.247. The molecule has 0 aromatic heterocycles. The van der Waals surface area contributed by atoms with E-state index < -0.39 is 0 Å². The molecule has 0 spiro atoms. The molecule has 0 saturated heterocycles. The maximum atomic E-state index is 11.4. The van der Waals surface area contributed by atoms with Gasteiger partial charge in [-0.1, -0.05) is 60.2 Å². The normalized spacial score (nSPS) is 21.1. The van der Waals surface area contributed by atoms with Crippen molar-refractivity contribution in [2.75, 3.05) is 0 Å². The number of allylic oxidation sites excluding steroid dienone is 2. The number of esters is 1. The Balaban J connectivity index is 2.10. The number of hydrogen-bond acceptors (Lipinski definition) is 2. The van der Waals surface area contributed by atoms with Gasteiger partial charge in [-0.05, 0) is 29.3 Å². The lowest BCUT2D eigenvalue weighted by Crippen LogP contribution is -2.23. The van der Waals surface area contributed by atoms with Crippen molar-refractivity contribution in [1.82, 2.24) is 0 Å². The summed E-state index contributed by atoms with van der Waals surface area (Å²) in [6.07, 6.45) is 5.92. The summed E-state index contributed by atoms with van der Waals surface area (Å²) in [5, 5.41) is 2.42. The molecule has 21 heavy (non-hydrogen) atoms. The molecule has 0 heterocycles. The van der Waals surface area contributed by atoms with Gasteiger partial charge in [-0.2, -0.15) is 0 Å². The molecule has 1 aliphatic carbocycles. The van der Waals surface area contributed by atoms with Gasteiger partial charge in [0.15, 0.2) is 0 Å². The minimum Gasteiger partial charge on any atom is -0.457 e. The fourth-order valence-corrected chi connectivity index (χ4v) is 2.91. The van der Waals surface area contributed by atoms with Crippen molar-refractivity contribution >= 4 is 16.7 Å². The molecule has 0 N–H and O–H groups in total. The number of hydrogen-bond donors (Lipinski definition) is 0. The lowest BCUT2D eigenvalue weighted by molar-refractivity contribution is -0.144. The van der Waals surface area contributed by atoms with Gasteiger partial charge >= 0.3 is 5.97 Å². The molecule has 1 aliphatic rings. The van der Waals surface area contributed by atoms with Gasteiger partial charge in [-0.15, -0.1) is 0 Å². The quantitative estimate of drug-likeness (QED) is 0.762. The maximum Gasteiger partial charge on any atom is 0.303 e. The molecule has 2 heteroatoms. The van der Waals surface area contributed by atoms with E-state index in [2.05, 4.69) is 43.3 Å².